The molecule has 3 rings (SSSR count). The molecule has 2 bridgehead atoms. The van der Waals surface area contributed by atoms with E-state index < -0.39 is 6.10 Å². The number of halogens is 2. The molecule has 4 heteroatoms. The summed E-state index contributed by atoms with van der Waals surface area (Å²) >= 11 is 3.25. The van der Waals surface area contributed by atoms with Gasteiger partial charge in [0.05, 0.1) is 6.10 Å². The molecule has 3 N–H and O–H groups in total. The van der Waals surface area contributed by atoms with Crippen LogP contribution in [0.2, 0.25) is 0 Å². The van der Waals surface area contributed by atoms with Gasteiger partial charge in [0.2, 0.25) is 0 Å². The van der Waals surface area contributed by atoms with E-state index in [1.54, 1.807) is 12.1 Å². The van der Waals surface area contributed by atoms with Crippen molar-refractivity contribution in [2.75, 3.05) is 6.54 Å². The van der Waals surface area contributed by atoms with E-state index in [0.29, 0.717) is 28.4 Å². The van der Waals surface area contributed by atoms with Crippen LogP contribution < -0.4 is 5.73 Å². The Labute approximate surface area is 121 Å². The highest BCUT2D eigenvalue weighted by Crippen LogP contribution is 2.60. The molecule has 19 heavy (non-hydrogen) atoms. The van der Waals surface area contributed by atoms with Gasteiger partial charge in [-0.15, -0.1) is 0 Å². The van der Waals surface area contributed by atoms with Gasteiger partial charge in [0.15, 0.2) is 0 Å². The Balaban J connectivity index is 1.96. The molecule has 104 valence electrons. The van der Waals surface area contributed by atoms with Crippen molar-refractivity contribution < 1.29 is 9.50 Å². The summed E-state index contributed by atoms with van der Waals surface area (Å²) < 4.78 is 14.8. The van der Waals surface area contributed by atoms with E-state index in [4.69, 9.17) is 5.73 Å². The van der Waals surface area contributed by atoms with Gasteiger partial charge in [-0.25, -0.2) is 4.39 Å². The van der Waals surface area contributed by atoms with Crippen LogP contribution in [0, 0.1) is 23.1 Å². The van der Waals surface area contributed by atoms with Crippen LogP contribution in [0.4, 0.5) is 4.39 Å². The van der Waals surface area contributed by atoms with Gasteiger partial charge in [-0.2, -0.15) is 0 Å². The van der Waals surface area contributed by atoms with Crippen LogP contribution in [-0.4, -0.2) is 11.7 Å². The third-order valence-electron chi connectivity index (χ3n) is 5.20. The summed E-state index contributed by atoms with van der Waals surface area (Å²) in [5.41, 5.74) is 6.05. The minimum Gasteiger partial charge on any atom is -0.388 e. The van der Waals surface area contributed by atoms with Crippen LogP contribution in [0.1, 0.15) is 37.4 Å². The first-order chi connectivity index (χ1) is 9.06. The largest absolute Gasteiger partial charge is 0.388 e. The second-order valence-electron chi connectivity index (χ2n) is 6.09. The molecule has 0 amide bonds. The minimum absolute atomic E-state index is 0.322. The molecule has 0 spiro atoms. The molecule has 1 aromatic carbocycles. The first kappa shape index (κ1) is 13.5. The lowest BCUT2D eigenvalue weighted by atomic mass is 9.67. The number of rotatable bonds is 3. The Bertz CT molecular complexity index is 495. The Morgan fingerprint density at radius 2 is 2.26 bits per heavy atom. The molecule has 0 radical (unpaired) electrons. The quantitative estimate of drug-likeness (QED) is 0.893. The van der Waals surface area contributed by atoms with E-state index in [1.807, 2.05) is 0 Å². The van der Waals surface area contributed by atoms with Crippen LogP contribution in [-0.2, 0) is 0 Å². The van der Waals surface area contributed by atoms with Gasteiger partial charge in [0.1, 0.15) is 5.82 Å². The number of aliphatic hydroxyl groups excluding tert-OH is 1. The average Bonchev–Trinajstić information content (AvgIpc) is 2.98. The van der Waals surface area contributed by atoms with Crippen molar-refractivity contribution in [3.05, 3.63) is 34.1 Å². The van der Waals surface area contributed by atoms with Crippen LogP contribution in [0.3, 0.4) is 0 Å². The van der Waals surface area contributed by atoms with E-state index in [1.165, 1.54) is 12.5 Å². The summed E-state index contributed by atoms with van der Waals surface area (Å²) in [7, 11) is 0. The fourth-order valence-electron chi connectivity index (χ4n) is 4.22. The van der Waals surface area contributed by atoms with Crippen molar-refractivity contribution >= 4 is 15.9 Å². The van der Waals surface area contributed by atoms with E-state index in [0.717, 1.165) is 19.3 Å². The molecule has 2 aliphatic carbocycles. The summed E-state index contributed by atoms with van der Waals surface area (Å²) in [6.07, 6.45) is 3.65. The van der Waals surface area contributed by atoms with Crippen LogP contribution in [0.15, 0.2) is 22.7 Å². The highest BCUT2D eigenvalue weighted by atomic mass is 79.9. The molecule has 2 saturated carbocycles. The molecular formula is C15H19BrFNO. The summed E-state index contributed by atoms with van der Waals surface area (Å²) in [6.45, 7) is 0.435. The molecule has 0 saturated heterocycles. The number of benzene rings is 1. The predicted octanol–water partition coefficient (Wildman–Crippen LogP) is 3.39. The zero-order valence-electron chi connectivity index (χ0n) is 10.8. The highest BCUT2D eigenvalue weighted by molar-refractivity contribution is 9.10. The summed E-state index contributed by atoms with van der Waals surface area (Å²) in [5.74, 6) is 0.764. The number of fused-ring (bicyclic) bond motifs is 2. The first-order valence-corrected chi connectivity index (χ1v) is 7.69. The monoisotopic (exact) mass is 327 g/mol. The molecule has 4 unspecified atom stereocenters. The Morgan fingerprint density at radius 3 is 2.79 bits per heavy atom. The smallest absolute Gasteiger partial charge is 0.130 e. The van der Waals surface area contributed by atoms with Gasteiger partial charge < -0.3 is 10.8 Å². The topological polar surface area (TPSA) is 46.2 Å². The van der Waals surface area contributed by atoms with Crippen molar-refractivity contribution in [2.24, 2.45) is 23.0 Å². The molecule has 0 aromatic heterocycles. The van der Waals surface area contributed by atoms with Crippen molar-refractivity contribution in [3.63, 3.8) is 0 Å². The van der Waals surface area contributed by atoms with Gasteiger partial charge in [0.25, 0.3) is 0 Å². The summed E-state index contributed by atoms with van der Waals surface area (Å²) in [4.78, 5) is 0. The van der Waals surface area contributed by atoms with Gasteiger partial charge in [0, 0.05) is 22.0 Å². The third-order valence-corrected chi connectivity index (χ3v) is 5.70. The fraction of sp³-hybridized carbons (Fsp3) is 0.600. The second-order valence-corrected chi connectivity index (χ2v) is 7.00. The van der Waals surface area contributed by atoms with Gasteiger partial charge >= 0.3 is 0 Å². The maximum atomic E-state index is 14.1. The number of aliphatic hydroxyl groups is 1. The maximum absolute atomic E-state index is 14.1. The van der Waals surface area contributed by atoms with Crippen LogP contribution in [0.25, 0.3) is 0 Å². The normalized spacial score (nSPS) is 34.7. The number of nitrogens with two attached hydrogens (primary N) is 1. The predicted molar refractivity (Wildman–Crippen MR) is 76.0 cm³/mol. The second kappa shape index (κ2) is 4.83. The molecule has 0 aliphatic heterocycles. The van der Waals surface area contributed by atoms with Crippen molar-refractivity contribution in [2.45, 2.75) is 31.8 Å². The minimum atomic E-state index is -0.791. The molecule has 2 aliphatic rings. The molecule has 2 fully saturated rings. The Kier molecular flexibility index (Phi) is 3.44. The van der Waals surface area contributed by atoms with Gasteiger partial charge in [-0.3, -0.25) is 0 Å². The standard InChI is InChI=1S/C15H19BrFNO/c16-11-3-4-12(13(17)6-11)14(19)15(8-18)7-9-1-2-10(15)5-9/h3-4,6,9-10,14,19H,1-2,5,7-8,18H2. The molecule has 1 aromatic rings. The molecule has 2 nitrogen and oxygen atoms in total. The van der Waals surface area contributed by atoms with E-state index in [-0.39, 0.29) is 11.2 Å². The lowest BCUT2D eigenvalue weighted by Gasteiger charge is -2.41. The number of hydrogen-bond donors (Lipinski definition) is 2. The molecular weight excluding hydrogens is 309 g/mol. The fourth-order valence-corrected chi connectivity index (χ4v) is 4.55. The lowest BCUT2D eigenvalue weighted by molar-refractivity contribution is -0.0151. The summed E-state index contributed by atoms with van der Waals surface area (Å²) in [5, 5.41) is 10.7. The Hall–Kier alpha value is -0.450. The van der Waals surface area contributed by atoms with Crippen molar-refractivity contribution in [1.82, 2.24) is 0 Å². The van der Waals surface area contributed by atoms with Crippen molar-refractivity contribution in [3.8, 4) is 0 Å². The van der Waals surface area contributed by atoms with E-state index in [9.17, 15) is 9.50 Å². The maximum Gasteiger partial charge on any atom is 0.130 e. The van der Waals surface area contributed by atoms with Gasteiger partial charge in [-0.1, -0.05) is 28.4 Å². The summed E-state index contributed by atoms with van der Waals surface area (Å²) in [6, 6.07) is 4.86. The zero-order chi connectivity index (χ0) is 13.6. The first-order valence-electron chi connectivity index (χ1n) is 6.90. The van der Waals surface area contributed by atoms with E-state index >= 15 is 0 Å². The number of hydrogen-bond acceptors (Lipinski definition) is 2. The lowest BCUT2D eigenvalue weighted by Crippen LogP contribution is -2.41. The Morgan fingerprint density at radius 1 is 1.47 bits per heavy atom. The van der Waals surface area contributed by atoms with Crippen LogP contribution >= 0.6 is 15.9 Å². The van der Waals surface area contributed by atoms with Crippen molar-refractivity contribution in [1.29, 1.82) is 0 Å². The highest BCUT2D eigenvalue weighted by Gasteiger charge is 2.54. The SMILES string of the molecule is NCC1(C(O)c2ccc(Br)cc2F)CC2CCC1C2. The third kappa shape index (κ3) is 2.05. The molecule has 0 heterocycles. The van der Waals surface area contributed by atoms with E-state index in [2.05, 4.69) is 15.9 Å². The molecule has 4 atom stereocenters. The van der Waals surface area contributed by atoms with Crippen LogP contribution in [0.5, 0.6) is 0 Å². The van der Waals surface area contributed by atoms with Gasteiger partial charge in [-0.05, 0) is 43.2 Å². The zero-order valence-corrected chi connectivity index (χ0v) is 12.4. The average molecular weight is 328 g/mol.